The number of hydrogen-bond acceptors (Lipinski definition) is 4. The first-order valence-corrected chi connectivity index (χ1v) is 6.21. The molecule has 0 aliphatic heterocycles. The van der Waals surface area contributed by atoms with E-state index >= 15 is 0 Å². The molecule has 0 atom stereocenters. The van der Waals surface area contributed by atoms with Crippen LogP contribution in [0.3, 0.4) is 0 Å². The molecule has 0 aromatic carbocycles. The molecular formula is C13H15N3O4. The molecule has 0 aliphatic rings. The molecule has 0 aliphatic carbocycles. The fourth-order valence-corrected chi connectivity index (χ4v) is 2.28. The number of hydrogen-bond donors (Lipinski definition) is 1. The van der Waals surface area contributed by atoms with Gasteiger partial charge >= 0.3 is 11.7 Å². The van der Waals surface area contributed by atoms with Gasteiger partial charge in [-0.2, -0.15) is 0 Å². The van der Waals surface area contributed by atoms with Crippen LogP contribution in [0.1, 0.15) is 29.3 Å². The number of carboxylic acid groups (broad SMARTS) is 1. The van der Waals surface area contributed by atoms with Gasteiger partial charge in [0.05, 0.1) is 10.9 Å². The lowest BCUT2D eigenvalue weighted by Gasteiger charge is -2.12. The highest BCUT2D eigenvalue weighted by Gasteiger charge is 2.19. The summed E-state index contributed by atoms with van der Waals surface area (Å²) in [6.07, 6.45) is 2.33. The second kappa shape index (κ2) is 4.92. The van der Waals surface area contributed by atoms with Crippen LogP contribution in [-0.2, 0) is 20.5 Å². The van der Waals surface area contributed by atoms with Crippen LogP contribution in [0.5, 0.6) is 0 Å². The summed E-state index contributed by atoms with van der Waals surface area (Å²) < 4.78 is 2.22. The third kappa shape index (κ3) is 1.91. The number of aromatic nitrogens is 3. The predicted molar refractivity (Wildman–Crippen MR) is 73.2 cm³/mol. The Labute approximate surface area is 114 Å². The maximum absolute atomic E-state index is 12.3. The van der Waals surface area contributed by atoms with E-state index in [1.165, 1.54) is 24.9 Å². The zero-order chi connectivity index (χ0) is 15.0. The van der Waals surface area contributed by atoms with E-state index in [0.717, 1.165) is 4.57 Å². The van der Waals surface area contributed by atoms with Crippen molar-refractivity contribution in [3.8, 4) is 0 Å². The molecule has 0 radical (unpaired) electrons. The molecule has 0 amide bonds. The molecule has 1 N–H and O–H groups in total. The topological polar surface area (TPSA) is 94.2 Å². The van der Waals surface area contributed by atoms with Crippen LogP contribution in [0.2, 0.25) is 0 Å². The van der Waals surface area contributed by atoms with E-state index in [9.17, 15) is 19.5 Å². The average Bonchev–Trinajstić information content (AvgIpc) is 2.42. The molecule has 0 fully saturated rings. The van der Waals surface area contributed by atoms with Gasteiger partial charge in [-0.25, -0.2) is 14.6 Å². The summed E-state index contributed by atoms with van der Waals surface area (Å²) in [5.41, 5.74) is -0.342. The Morgan fingerprint density at radius 3 is 2.50 bits per heavy atom. The van der Waals surface area contributed by atoms with Crippen LogP contribution < -0.4 is 11.2 Å². The number of pyridine rings is 1. The standard InChI is InChI=1S/C13H15N3O4/c1-4-5-7-8(12(18)19)6-14-10-9(7)11(17)16(3)13(20)15(10)2/h6H,4-5H2,1-3H3,(H,18,19). The monoisotopic (exact) mass is 277 g/mol. The molecule has 0 saturated carbocycles. The first kappa shape index (κ1) is 14.0. The van der Waals surface area contributed by atoms with E-state index in [1.807, 2.05) is 6.92 Å². The van der Waals surface area contributed by atoms with Crippen LogP contribution in [0.25, 0.3) is 11.0 Å². The summed E-state index contributed by atoms with van der Waals surface area (Å²) in [6.45, 7) is 1.89. The number of nitrogens with zero attached hydrogens (tertiary/aromatic N) is 3. The third-order valence-electron chi connectivity index (χ3n) is 3.31. The molecule has 106 valence electrons. The maximum Gasteiger partial charge on any atom is 0.337 e. The Balaban J connectivity index is 3.08. The molecule has 7 heteroatoms. The van der Waals surface area contributed by atoms with Crippen LogP contribution >= 0.6 is 0 Å². The molecule has 0 spiro atoms. The van der Waals surface area contributed by atoms with Crippen molar-refractivity contribution in [3.05, 3.63) is 38.2 Å². The average molecular weight is 277 g/mol. The van der Waals surface area contributed by atoms with Gasteiger partial charge < -0.3 is 5.11 Å². The fraction of sp³-hybridized carbons (Fsp3) is 0.385. The van der Waals surface area contributed by atoms with E-state index in [1.54, 1.807) is 0 Å². The zero-order valence-electron chi connectivity index (χ0n) is 11.5. The summed E-state index contributed by atoms with van der Waals surface area (Å²) in [6, 6.07) is 0. The first-order valence-electron chi connectivity index (χ1n) is 6.21. The van der Waals surface area contributed by atoms with Gasteiger partial charge in [-0.1, -0.05) is 13.3 Å². The Hall–Kier alpha value is -2.44. The van der Waals surface area contributed by atoms with Crippen LogP contribution in [-0.4, -0.2) is 25.2 Å². The van der Waals surface area contributed by atoms with Crippen LogP contribution in [0.4, 0.5) is 0 Å². The minimum atomic E-state index is -1.13. The molecular weight excluding hydrogens is 262 g/mol. The molecule has 2 aromatic heterocycles. The quantitative estimate of drug-likeness (QED) is 0.869. The van der Waals surface area contributed by atoms with Gasteiger partial charge in [-0.15, -0.1) is 0 Å². The van der Waals surface area contributed by atoms with Crippen molar-refractivity contribution in [2.45, 2.75) is 19.8 Å². The Morgan fingerprint density at radius 1 is 1.30 bits per heavy atom. The molecule has 7 nitrogen and oxygen atoms in total. The van der Waals surface area contributed by atoms with Crippen molar-refractivity contribution in [2.24, 2.45) is 14.1 Å². The van der Waals surface area contributed by atoms with Crippen molar-refractivity contribution in [1.82, 2.24) is 14.1 Å². The molecule has 2 heterocycles. The summed E-state index contributed by atoms with van der Waals surface area (Å²) in [7, 11) is 2.88. The normalized spacial score (nSPS) is 10.9. The summed E-state index contributed by atoms with van der Waals surface area (Å²) in [5, 5.41) is 9.42. The fourth-order valence-electron chi connectivity index (χ4n) is 2.28. The SMILES string of the molecule is CCCc1c(C(=O)O)cnc2c1c(=O)n(C)c(=O)n2C. The summed E-state index contributed by atoms with van der Waals surface area (Å²) in [5.74, 6) is -1.13. The van der Waals surface area contributed by atoms with Gasteiger partial charge in [-0.05, 0) is 12.0 Å². The number of carboxylic acids is 1. The highest BCUT2D eigenvalue weighted by Crippen LogP contribution is 2.18. The lowest BCUT2D eigenvalue weighted by molar-refractivity contribution is 0.0695. The molecule has 0 bridgehead atoms. The van der Waals surface area contributed by atoms with E-state index < -0.39 is 17.2 Å². The summed E-state index contributed by atoms with van der Waals surface area (Å²) >= 11 is 0. The Kier molecular flexibility index (Phi) is 3.44. The molecule has 0 unspecified atom stereocenters. The smallest absolute Gasteiger partial charge is 0.337 e. The maximum atomic E-state index is 12.3. The lowest BCUT2D eigenvalue weighted by Crippen LogP contribution is -2.38. The van der Waals surface area contributed by atoms with Crippen molar-refractivity contribution >= 4 is 17.0 Å². The van der Waals surface area contributed by atoms with Gasteiger partial charge in [0.25, 0.3) is 5.56 Å². The number of aryl methyl sites for hydroxylation is 2. The Bertz CT molecular complexity index is 817. The highest BCUT2D eigenvalue weighted by atomic mass is 16.4. The minimum absolute atomic E-state index is 0.00935. The van der Waals surface area contributed by atoms with E-state index in [2.05, 4.69) is 4.98 Å². The minimum Gasteiger partial charge on any atom is -0.478 e. The molecule has 2 rings (SSSR count). The Morgan fingerprint density at radius 2 is 1.95 bits per heavy atom. The second-order valence-corrected chi connectivity index (χ2v) is 4.61. The van der Waals surface area contributed by atoms with Gasteiger partial charge in [0, 0.05) is 20.3 Å². The van der Waals surface area contributed by atoms with Gasteiger partial charge in [0.1, 0.15) is 5.65 Å². The van der Waals surface area contributed by atoms with Crippen LogP contribution in [0, 0.1) is 0 Å². The van der Waals surface area contributed by atoms with Crippen molar-refractivity contribution in [1.29, 1.82) is 0 Å². The van der Waals surface area contributed by atoms with Crippen molar-refractivity contribution < 1.29 is 9.90 Å². The van der Waals surface area contributed by atoms with Gasteiger partial charge in [-0.3, -0.25) is 13.9 Å². The summed E-state index contributed by atoms with van der Waals surface area (Å²) in [4.78, 5) is 39.4. The number of aromatic carboxylic acids is 1. The van der Waals surface area contributed by atoms with Gasteiger partial charge in [0.15, 0.2) is 0 Å². The number of carbonyl (C=O) groups is 1. The molecule has 0 saturated heterocycles. The van der Waals surface area contributed by atoms with E-state index in [4.69, 9.17) is 0 Å². The van der Waals surface area contributed by atoms with E-state index in [0.29, 0.717) is 18.4 Å². The van der Waals surface area contributed by atoms with E-state index in [-0.39, 0.29) is 16.6 Å². The lowest BCUT2D eigenvalue weighted by atomic mass is 10.0. The van der Waals surface area contributed by atoms with Crippen molar-refractivity contribution in [2.75, 3.05) is 0 Å². The second-order valence-electron chi connectivity index (χ2n) is 4.61. The largest absolute Gasteiger partial charge is 0.478 e. The van der Waals surface area contributed by atoms with Gasteiger partial charge in [0.2, 0.25) is 0 Å². The number of rotatable bonds is 3. The molecule has 2 aromatic rings. The first-order chi connectivity index (χ1) is 9.40. The number of fused-ring (bicyclic) bond motifs is 1. The highest BCUT2D eigenvalue weighted by molar-refractivity contribution is 5.94. The zero-order valence-corrected chi connectivity index (χ0v) is 11.5. The molecule has 20 heavy (non-hydrogen) atoms. The van der Waals surface area contributed by atoms with Crippen LogP contribution in [0.15, 0.2) is 15.8 Å². The third-order valence-corrected chi connectivity index (χ3v) is 3.31. The predicted octanol–water partition coefficient (Wildman–Crippen LogP) is 0.283. The van der Waals surface area contributed by atoms with Crippen molar-refractivity contribution in [3.63, 3.8) is 0 Å².